The Morgan fingerprint density at radius 1 is 0.667 bits per heavy atom. The molecule has 1 aliphatic carbocycles. The van der Waals surface area contributed by atoms with Crippen LogP contribution in [-0.2, 0) is 5.54 Å². The summed E-state index contributed by atoms with van der Waals surface area (Å²) in [5.41, 5.74) is 9.39. The van der Waals surface area contributed by atoms with Crippen LogP contribution in [0.4, 0.5) is 11.4 Å². The predicted molar refractivity (Wildman–Crippen MR) is 171 cm³/mol. The lowest BCUT2D eigenvalue weighted by atomic mass is 9.80. The fraction of sp³-hybridized carbons (Fsp3) is 0.0526. The van der Waals surface area contributed by atoms with E-state index in [2.05, 4.69) is 96.8 Å². The lowest BCUT2D eigenvalue weighted by Crippen LogP contribution is -2.27. The molecule has 0 bridgehead atoms. The smallest absolute Gasteiger partial charge is 0.139 e. The van der Waals surface area contributed by atoms with E-state index in [0.717, 1.165) is 39.2 Å². The lowest BCUT2D eigenvalue weighted by Gasteiger charge is -2.31. The molecule has 6 aromatic rings. The third-order valence-electron chi connectivity index (χ3n) is 8.05. The van der Waals surface area contributed by atoms with E-state index in [0.29, 0.717) is 5.69 Å². The van der Waals surface area contributed by atoms with Gasteiger partial charge in [0.25, 0.3) is 0 Å². The Bertz CT molecular complexity index is 1840. The summed E-state index contributed by atoms with van der Waals surface area (Å²) in [6, 6.07) is 47.1. The number of hydrogen-bond acceptors (Lipinski definition) is 3. The van der Waals surface area contributed by atoms with Crippen LogP contribution in [0.1, 0.15) is 22.3 Å². The number of phenols is 1. The molecular weight excluding hydrogens is 514 g/mol. The second-order valence-corrected chi connectivity index (χ2v) is 10.5. The minimum atomic E-state index is -0.830. The third-order valence-corrected chi connectivity index (χ3v) is 8.05. The molecule has 0 saturated heterocycles. The SMILES string of the molecule is Cc1ccccc1N(C=NC1(c2cccc(-c3ccccn3)c2)c2ccccc2-c2ccccc21)c1ccccc1O. The maximum Gasteiger partial charge on any atom is 0.139 e. The average Bonchev–Trinajstić information content (AvgIpc) is 3.34. The number of aliphatic imine (C=N–C) groups is 1. The van der Waals surface area contributed by atoms with Gasteiger partial charge in [0.1, 0.15) is 11.3 Å². The Morgan fingerprint density at radius 2 is 1.31 bits per heavy atom. The van der Waals surface area contributed by atoms with Gasteiger partial charge in [0.05, 0.1) is 23.4 Å². The Labute approximate surface area is 245 Å². The minimum Gasteiger partial charge on any atom is -0.506 e. The number of aryl methyl sites for hydroxylation is 1. The second-order valence-electron chi connectivity index (χ2n) is 10.5. The number of aromatic nitrogens is 1. The van der Waals surface area contributed by atoms with E-state index in [1.165, 1.54) is 11.1 Å². The average molecular weight is 544 g/mol. The van der Waals surface area contributed by atoms with Gasteiger partial charge in [0, 0.05) is 11.8 Å². The summed E-state index contributed by atoms with van der Waals surface area (Å²) in [4.78, 5) is 12.2. The number of pyridine rings is 1. The van der Waals surface area contributed by atoms with E-state index in [-0.39, 0.29) is 5.75 Å². The molecule has 1 heterocycles. The minimum absolute atomic E-state index is 0.186. The van der Waals surface area contributed by atoms with Gasteiger partial charge in [-0.1, -0.05) is 103 Å². The highest BCUT2D eigenvalue weighted by Gasteiger charge is 2.44. The van der Waals surface area contributed by atoms with Crippen LogP contribution in [0.5, 0.6) is 5.75 Å². The fourth-order valence-electron chi connectivity index (χ4n) is 6.07. The summed E-state index contributed by atoms with van der Waals surface area (Å²) in [6.07, 6.45) is 3.70. The van der Waals surface area contributed by atoms with Gasteiger partial charge in [-0.25, -0.2) is 0 Å². The molecule has 0 spiro atoms. The molecule has 0 amide bonds. The van der Waals surface area contributed by atoms with Gasteiger partial charge in [-0.05, 0) is 76.7 Å². The van der Waals surface area contributed by atoms with Gasteiger partial charge < -0.3 is 5.11 Å². The molecule has 4 heteroatoms. The van der Waals surface area contributed by atoms with Crippen LogP contribution < -0.4 is 4.90 Å². The molecule has 0 atom stereocenters. The van der Waals surface area contributed by atoms with Crippen molar-refractivity contribution in [1.82, 2.24) is 4.98 Å². The first-order valence-corrected chi connectivity index (χ1v) is 14.1. The van der Waals surface area contributed by atoms with Crippen molar-refractivity contribution in [3.8, 4) is 28.1 Å². The third kappa shape index (κ3) is 4.16. The second kappa shape index (κ2) is 10.5. The zero-order valence-corrected chi connectivity index (χ0v) is 23.2. The number of anilines is 2. The van der Waals surface area contributed by atoms with Crippen molar-refractivity contribution in [2.75, 3.05) is 4.90 Å². The van der Waals surface area contributed by atoms with Gasteiger partial charge in [0.2, 0.25) is 0 Å². The van der Waals surface area contributed by atoms with Crippen LogP contribution >= 0.6 is 0 Å². The van der Waals surface area contributed by atoms with E-state index in [1.807, 2.05) is 66.0 Å². The number of benzene rings is 5. The highest BCUT2D eigenvalue weighted by molar-refractivity contribution is 5.94. The molecule has 202 valence electrons. The van der Waals surface area contributed by atoms with Crippen molar-refractivity contribution >= 4 is 17.7 Å². The van der Waals surface area contributed by atoms with Crippen LogP contribution in [0.2, 0.25) is 0 Å². The van der Waals surface area contributed by atoms with Crippen molar-refractivity contribution in [3.05, 3.63) is 168 Å². The summed E-state index contributed by atoms with van der Waals surface area (Å²) in [7, 11) is 0. The number of para-hydroxylation sites is 3. The van der Waals surface area contributed by atoms with Crippen molar-refractivity contribution in [3.63, 3.8) is 0 Å². The summed E-state index contributed by atoms with van der Waals surface area (Å²) in [5, 5.41) is 11.0. The Hall–Kier alpha value is -5.48. The summed E-state index contributed by atoms with van der Waals surface area (Å²) >= 11 is 0. The normalized spacial score (nSPS) is 13.1. The largest absolute Gasteiger partial charge is 0.506 e. The van der Waals surface area contributed by atoms with Crippen LogP contribution in [0.15, 0.2) is 151 Å². The maximum atomic E-state index is 11.0. The molecule has 0 aliphatic heterocycles. The Kier molecular flexibility index (Phi) is 6.37. The van der Waals surface area contributed by atoms with Gasteiger partial charge in [-0.2, -0.15) is 0 Å². The van der Waals surface area contributed by atoms with Crippen molar-refractivity contribution in [2.24, 2.45) is 4.99 Å². The van der Waals surface area contributed by atoms with Crippen LogP contribution in [0.25, 0.3) is 22.4 Å². The first kappa shape index (κ1) is 25.5. The molecule has 0 unspecified atom stereocenters. The van der Waals surface area contributed by atoms with E-state index >= 15 is 0 Å². The van der Waals surface area contributed by atoms with Crippen LogP contribution in [0.3, 0.4) is 0 Å². The molecular formula is C38H29N3O. The fourth-order valence-corrected chi connectivity index (χ4v) is 6.07. The molecule has 1 aliphatic rings. The molecule has 42 heavy (non-hydrogen) atoms. The first-order chi connectivity index (χ1) is 20.7. The summed E-state index contributed by atoms with van der Waals surface area (Å²) < 4.78 is 0. The van der Waals surface area contributed by atoms with Crippen LogP contribution in [0, 0.1) is 6.92 Å². The van der Waals surface area contributed by atoms with E-state index in [1.54, 1.807) is 6.07 Å². The van der Waals surface area contributed by atoms with Gasteiger partial charge >= 0.3 is 0 Å². The molecule has 1 aromatic heterocycles. The first-order valence-electron chi connectivity index (χ1n) is 14.1. The number of fused-ring (bicyclic) bond motifs is 3. The molecule has 0 radical (unpaired) electrons. The maximum absolute atomic E-state index is 11.0. The zero-order chi connectivity index (χ0) is 28.5. The van der Waals surface area contributed by atoms with Crippen molar-refractivity contribution < 1.29 is 5.11 Å². The van der Waals surface area contributed by atoms with Crippen molar-refractivity contribution in [2.45, 2.75) is 12.5 Å². The molecule has 1 N–H and O–H groups in total. The zero-order valence-electron chi connectivity index (χ0n) is 23.2. The quantitative estimate of drug-likeness (QED) is 0.169. The highest BCUT2D eigenvalue weighted by Crippen LogP contribution is 2.53. The van der Waals surface area contributed by atoms with Gasteiger partial charge in [-0.3, -0.25) is 14.9 Å². The number of aromatic hydroxyl groups is 1. The van der Waals surface area contributed by atoms with E-state index in [9.17, 15) is 5.11 Å². The number of phenolic OH excluding ortho intramolecular Hbond substituents is 1. The van der Waals surface area contributed by atoms with E-state index in [4.69, 9.17) is 4.99 Å². The Balaban J connectivity index is 1.51. The standard InChI is InChI=1S/C38H29N3O/c1-27-13-2-7-21-35(27)41(36-22-8-9-23-37(36)42)26-40-38(29-15-12-14-28(25-29)34-20-10-11-24-39-34)32-18-5-3-16-30(32)31-17-4-6-19-33(31)38/h2-26,42H,1H3. The molecule has 7 rings (SSSR count). The predicted octanol–water partition coefficient (Wildman–Crippen LogP) is 8.90. The van der Waals surface area contributed by atoms with Crippen molar-refractivity contribution in [1.29, 1.82) is 0 Å². The lowest BCUT2D eigenvalue weighted by molar-refractivity contribution is 0.477. The molecule has 0 fully saturated rings. The molecule has 4 nitrogen and oxygen atoms in total. The summed E-state index contributed by atoms with van der Waals surface area (Å²) in [5.74, 6) is 0.186. The number of hydrogen-bond donors (Lipinski definition) is 1. The monoisotopic (exact) mass is 543 g/mol. The van der Waals surface area contributed by atoms with E-state index < -0.39 is 5.54 Å². The molecule has 0 saturated carbocycles. The summed E-state index contributed by atoms with van der Waals surface area (Å²) in [6.45, 7) is 2.07. The topological polar surface area (TPSA) is 48.7 Å². The van der Waals surface area contributed by atoms with Crippen LogP contribution in [-0.4, -0.2) is 16.4 Å². The number of nitrogens with zero attached hydrogens (tertiary/aromatic N) is 3. The highest BCUT2D eigenvalue weighted by atomic mass is 16.3. The van der Waals surface area contributed by atoms with Gasteiger partial charge in [0.15, 0.2) is 0 Å². The Morgan fingerprint density at radius 3 is 2.00 bits per heavy atom. The van der Waals surface area contributed by atoms with Gasteiger partial charge in [-0.15, -0.1) is 0 Å². The number of rotatable bonds is 6. The molecule has 5 aromatic carbocycles.